The van der Waals surface area contributed by atoms with Crippen LogP contribution in [-0.2, 0) is 10.9 Å². The first kappa shape index (κ1) is 19.1. The Hall–Kier alpha value is -1.91. The average Bonchev–Trinajstić information content (AvgIpc) is 2.44. The molecule has 1 aromatic rings. The fraction of sp³-hybridized carbons (Fsp3) is 0.417. The number of nitrogens with zero attached hydrogens (tertiary/aromatic N) is 1. The van der Waals surface area contributed by atoms with Crippen molar-refractivity contribution in [3.63, 3.8) is 0 Å². The second-order valence-corrected chi connectivity index (χ2v) is 5.26. The summed E-state index contributed by atoms with van der Waals surface area (Å²) in [6, 6.07) is 0. The van der Waals surface area contributed by atoms with E-state index in [1.807, 2.05) is 0 Å². The lowest BCUT2D eigenvalue weighted by Gasteiger charge is -2.18. The molecule has 0 bridgehead atoms. The highest BCUT2D eigenvalue weighted by Crippen LogP contribution is 2.39. The number of anilines is 1. The van der Waals surface area contributed by atoms with Crippen molar-refractivity contribution in [2.45, 2.75) is 19.5 Å². The van der Waals surface area contributed by atoms with E-state index < -0.39 is 51.9 Å². The van der Waals surface area contributed by atoms with Gasteiger partial charge in [-0.3, -0.25) is 4.79 Å². The molecule has 1 aromatic heterocycles. The third-order valence-corrected chi connectivity index (χ3v) is 3.36. The van der Waals surface area contributed by atoms with E-state index in [0.717, 1.165) is 7.11 Å². The zero-order valence-electron chi connectivity index (χ0n) is 11.8. The maximum atomic E-state index is 13.0. The van der Waals surface area contributed by atoms with E-state index in [9.17, 15) is 31.5 Å². The second-order valence-electron chi connectivity index (χ2n) is 4.02. The molecule has 0 unspecified atom stereocenters. The molecule has 0 radical (unpaired) electrons. The van der Waals surface area contributed by atoms with Gasteiger partial charge in [-0.1, -0.05) is 18.7 Å². The smallest absolute Gasteiger partial charge is 0.434 e. The minimum Gasteiger partial charge on any atom is -0.465 e. The molecule has 0 saturated heterocycles. The van der Waals surface area contributed by atoms with Crippen LogP contribution in [0.4, 0.5) is 27.6 Å². The standard InChI is InChI=1S/C12H11F5N2O3S/c1-3-23-11(21)5-6(18)4(10(20)22-2)7(9(13)14)19-8(5)12(15,16)17/h9H,3H2,1-2H3,(H2,18,19). The molecule has 0 atom stereocenters. The number of aromatic nitrogens is 1. The highest BCUT2D eigenvalue weighted by atomic mass is 32.2. The molecule has 11 heteroatoms. The Morgan fingerprint density at radius 1 is 1.30 bits per heavy atom. The van der Waals surface area contributed by atoms with Gasteiger partial charge in [0.2, 0.25) is 5.12 Å². The van der Waals surface area contributed by atoms with Crippen molar-refractivity contribution in [2.24, 2.45) is 0 Å². The number of esters is 1. The van der Waals surface area contributed by atoms with Crippen molar-refractivity contribution < 1.29 is 36.3 Å². The monoisotopic (exact) mass is 358 g/mol. The number of rotatable bonds is 4. The Balaban J connectivity index is 3.85. The van der Waals surface area contributed by atoms with Gasteiger partial charge in [-0.2, -0.15) is 13.2 Å². The number of hydrogen-bond acceptors (Lipinski definition) is 6. The number of methoxy groups -OCH3 is 1. The molecule has 0 aliphatic rings. The van der Waals surface area contributed by atoms with Gasteiger partial charge in [0.15, 0.2) is 5.69 Å². The summed E-state index contributed by atoms with van der Waals surface area (Å²) in [6.45, 7) is 1.49. The lowest BCUT2D eigenvalue weighted by Crippen LogP contribution is -2.22. The van der Waals surface area contributed by atoms with E-state index in [2.05, 4.69) is 9.72 Å². The van der Waals surface area contributed by atoms with E-state index >= 15 is 0 Å². The van der Waals surface area contributed by atoms with Crippen molar-refractivity contribution in [3.8, 4) is 0 Å². The van der Waals surface area contributed by atoms with Crippen molar-refractivity contribution in [1.29, 1.82) is 0 Å². The van der Waals surface area contributed by atoms with Crippen LogP contribution in [0.3, 0.4) is 0 Å². The Kier molecular flexibility index (Phi) is 5.92. The minimum absolute atomic E-state index is 0.111. The van der Waals surface area contributed by atoms with E-state index in [-0.39, 0.29) is 5.75 Å². The van der Waals surface area contributed by atoms with Crippen LogP contribution in [0, 0.1) is 0 Å². The SMILES string of the molecule is CCSC(=O)c1c(C(F)(F)F)nc(C(F)F)c(C(=O)OC)c1N. The molecular formula is C12H11F5N2O3S. The first-order valence-electron chi connectivity index (χ1n) is 6.00. The van der Waals surface area contributed by atoms with Crippen molar-refractivity contribution in [1.82, 2.24) is 4.98 Å². The number of thioether (sulfide) groups is 1. The predicted molar refractivity (Wildman–Crippen MR) is 72.4 cm³/mol. The summed E-state index contributed by atoms with van der Waals surface area (Å²) in [5.74, 6) is -1.30. The molecule has 23 heavy (non-hydrogen) atoms. The topological polar surface area (TPSA) is 82.3 Å². The van der Waals surface area contributed by atoms with Gasteiger partial charge in [-0.25, -0.2) is 18.6 Å². The van der Waals surface area contributed by atoms with Crippen LogP contribution >= 0.6 is 11.8 Å². The van der Waals surface area contributed by atoms with E-state index in [1.54, 1.807) is 0 Å². The molecule has 0 aliphatic heterocycles. The molecule has 1 rings (SSSR count). The van der Waals surface area contributed by atoms with Crippen LogP contribution < -0.4 is 5.73 Å². The molecule has 0 aliphatic carbocycles. The number of pyridine rings is 1. The number of alkyl halides is 5. The van der Waals surface area contributed by atoms with E-state index in [4.69, 9.17) is 5.73 Å². The number of hydrogen-bond donors (Lipinski definition) is 1. The summed E-state index contributed by atoms with van der Waals surface area (Å²) in [5, 5.41) is -1.13. The molecule has 0 amide bonds. The third kappa shape index (κ3) is 3.89. The molecule has 128 valence electrons. The van der Waals surface area contributed by atoms with Gasteiger partial charge in [0, 0.05) is 0 Å². The number of halogens is 5. The summed E-state index contributed by atoms with van der Waals surface area (Å²) < 4.78 is 69.3. The largest absolute Gasteiger partial charge is 0.465 e. The van der Waals surface area contributed by atoms with E-state index in [0.29, 0.717) is 11.8 Å². The van der Waals surface area contributed by atoms with Crippen LogP contribution in [-0.4, -0.2) is 28.9 Å². The van der Waals surface area contributed by atoms with Gasteiger partial charge < -0.3 is 10.5 Å². The molecule has 0 saturated carbocycles. The van der Waals surface area contributed by atoms with Crippen LogP contribution in [0.25, 0.3) is 0 Å². The average molecular weight is 358 g/mol. The number of carbonyl (C=O) groups excluding carboxylic acids is 2. The zero-order chi connectivity index (χ0) is 17.9. The van der Waals surface area contributed by atoms with Gasteiger partial charge in [0.1, 0.15) is 11.3 Å². The van der Waals surface area contributed by atoms with Crippen LogP contribution in [0.5, 0.6) is 0 Å². The fourth-order valence-electron chi connectivity index (χ4n) is 1.71. The van der Waals surface area contributed by atoms with Crippen molar-refractivity contribution >= 4 is 28.5 Å². The summed E-state index contributed by atoms with van der Waals surface area (Å²) >= 11 is 0.473. The van der Waals surface area contributed by atoms with E-state index in [1.165, 1.54) is 6.92 Å². The summed E-state index contributed by atoms with van der Waals surface area (Å²) in [5.41, 5.74) is -1.13. The second kappa shape index (κ2) is 7.11. The highest BCUT2D eigenvalue weighted by molar-refractivity contribution is 8.14. The predicted octanol–water partition coefficient (Wildman–Crippen LogP) is 3.30. The number of carbonyl (C=O) groups is 2. The Bertz CT molecular complexity index is 634. The zero-order valence-corrected chi connectivity index (χ0v) is 12.6. The number of ether oxygens (including phenoxy) is 1. The maximum Gasteiger partial charge on any atom is 0.434 e. The lowest BCUT2D eigenvalue weighted by molar-refractivity contribution is -0.141. The minimum atomic E-state index is -5.20. The molecular weight excluding hydrogens is 347 g/mol. The molecule has 5 nitrogen and oxygen atoms in total. The van der Waals surface area contributed by atoms with Gasteiger partial charge >= 0.3 is 12.1 Å². The van der Waals surface area contributed by atoms with Gasteiger partial charge in [0.25, 0.3) is 6.43 Å². The Labute approximate surface area is 131 Å². The summed E-state index contributed by atoms with van der Waals surface area (Å²) in [7, 11) is 0.830. The van der Waals surface area contributed by atoms with Gasteiger partial charge in [0.05, 0.1) is 18.4 Å². The van der Waals surface area contributed by atoms with Crippen molar-refractivity contribution in [3.05, 3.63) is 22.5 Å². The molecule has 0 aromatic carbocycles. The molecule has 2 N–H and O–H groups in total. The van der Waals surface area contributed by atoms with Crippen LogP contribution in [0.1, 0.15) is 45.5 Å². The summed E-state index contributed by atoms with van der Waals surface area (Å²) in [4.78, 5) is 26.2. The third-order valence-electron chi connectivity index (χ3n) is 2.61. The molecule has 0 spiro atoms. The first-order valence-corrected chi connectivity index (χ1v) is 6.98. The normalized spacial score (nSPS) is 11.7. The van der Waals surface area contributed by atoms with Crippen LogP contribution in [0.15, 0.2) is 0 Å². The highest BCUT2D eigenvalue weighted by Gasteiger charge is 2.42. The Morgan fingerprint density at radius 2 is 1.87 bits per heavy atom. The molecule has 0 fully saturated rings. The fourth-order valence-corrected chi connectivity index (χ4v) is 2.33. The van der Waals surface area contributed by atoms with Crippen molar-refractivity contribution in [2.75, 3.05) is 18.6 Å². The number of nitrogen functional groups attached to an aromatic ring is 1. The Morgan fingerprint density at radius 3 is 2.26 bits per heavy atom. The summed E-state index contributed by atoms with van der Waals surface area (Å²) in [6.07, 6.45) is -8.72. The van der Waals surface area contributed by atoms with Crippen LogP contribution in [0.2, 0.25) is 0 Å². The number of nitrogens with two attached hydrogens (primary N) is 1. The maximum absolute atomic E-state index is 13.0. The lowest BCUT2D eigenvalue weighted by atomic mass is 10.0. The quantitative estimate of drug-likeness (QED) is 0.657. The first-order chi connectivity index (χ1) is 10.6. The van der Waals surface area contributed by atoms with Gasteiger partial charge in [-0.05, 0) is 5.75 Å². The van der Waals surface area contributed by atoms with Gasteiger partial charge in [-0.15, -0.1) is 0 Å². The molecule has 1 heterocycles.